The third-order valence-electron chi connectivity index (χ3n) is 10.7. The molecule has 10 aromatic carbocycles. The van der Waals surface area contributed by atoms with Crippen LogP contribution in [0.25, 0.3) is 109 Å². The fourth-order valence-electron chi connectivity index (χ4n) is 8.53. The van der Waals surface area contributed by atoms with Gasteiger partial charge in [-0.15, -0.1) is 0 Å². The number of aromatic amines is 1. The van der Waals surface area contributed by atoms with Crippen LogP contribution in [0.5, 0.6) is 0 Å². The Morgan fingerprint density at radius 3 is 1.63 bits per heavy atom. The van der Waals surface area contributed by atoms with Crippen molar-refractivity contribution in [3.05, 3.63) is 170 Å². The van der Waals surface area contributed by atoms with Gasteiger partial charge in [0.1, 0.15) is 0 Å². The molecule has 0 fully saturated rings. The molecule has 0 aliphatic heterocycles. The summed E-state index contributed by atoms with van der Waals surface area (Å²) in [4.78, 5) is 3.74. The van der Waals surface area contributed by atoms with Crippen molar-refractivity contribution in [2.75, 3.05) is 0 Å². The van der Waals surface area contributed by atoms with Gasteiger partial charge in [0, 0.05) is 21.7 Å². The van der Waals surface area contributed by atoms with E-state index in [1.165, 1.54) is 103 Å². The Kier molecular flexibility index (Phi) is 5.45. The minimum atomic E-state index is 1.16. The first-order chi connectivity index (χ1) is 24.3. The van der Waals surface area contributed by atoms with Crippen molar-refractivity contribution < 1.29 is 0 Å². The van der Waals surface area contributed by atoms with E-state index in [2.05, 4.69) is 175 Å². The molecule has 0 radical (unpaired) electrons. The van der Waals surface area contributed by atoms with Gasteiger partial charge < -0.3 is 4.98 Å². The Bertz CT molecular complexity index is 3100. The average Bonchev–Trinajstić information content (AvgIpc) is 3.54. The van der Waals surface area contributed by atoms with Gasteiger partial charge in [0.2, 0.25) is 0 Å². The molecule has 1 N–H and O–H groups in total. The number of hydrogen-bond donors (Lipinski definition) is 1. The molecular formula is C48H29N. The van der Waals surface area contributed by atoms with Crippen LogP contribution in [0, 0.1) is 0 Å². The molecule has 0 spiro atoms. The molecule has 0 aliphatic rings. The Morgan fingerprint density at radius 2 is 0.878 bits per heavy atom. The van der Waals surface area contributed by atoms with Gasteiger partial charge in [-0.2, -0.15) is 0 Å². The first-order valence-corrected chi connectivity index (χ1v) is 17.0. The predicted octanol–water partition coefficient (Wildman–Crippen LogP) is 13.6. The smallest absolute Gasteiger partial charge is 0.0544 e. The highest BCUT2D eigenvalue weighted by Crippen LogP contribution is 2.46. The highest BCUT2D eigenvalue weighted by Gasteiger charge is 2.19. The molecule has 0 bridgehead atoms. The first kappa shape index (κ1) is 26.6. The predicted molar refractivity (Wildman–Crippen MR) is 212 cm³/mol. The maximum Gasteiger partial charge on any atom is 0.0544 e. The number of benzene rings is 10. The highest BCUT2D eigenvalue weighted by molar-refractivity contribution is 6.26. The summed E-state index contributed by atoms with van der Waals surface area (Å²) in [7, 11) is 0. The summed E-state index contributed by atoms with van der Waals surface area (Å²) < 4.78 is 0. The van der Waals surface area contributed by atoms with Gasteiger partial charge in [-0.1, -0.05) is 146 Å². The number of H-pyrrole nitrogens is 1. The summed E-state index contributed by atoms with van der Waals surface area (Å²) in [5, 5.41) is 17.8. The van der Waals surface area contributed by atoms with Crippen LogP contribution in [0.4, 0.5) is 0 Å². The molecule has 0 saturated carbocycles. The van der Waals surface area contributed by atoms with Crippen LogP contribution in [0.15, 0.2) is 170 Å². The van der Waals surface area contributed by atoms with E-state index in [1.54, 1.807) is 0 Å². The van der Waals surface area contributed by atoms with E-state index >= 15 is 0 Å². The molecule has 1 aromatic heterocycles. The molecule has 0 atom stereocenters. The summed E-state index contributed by atoms with van der Waals surface area (Å²) >= 11 is 0. The molecule has 0 saturated heterocycles. The Balaban J connectivity index is 1.21. The van der Waals surface area contributed by atoms with Crippen LogP contribution < -0.4 is 0 Å². The van der Waals surface area contributed by atoms with E-state index < -0.39 is 0 Å². The Morgan fingerprint density at radius 1 is 0.286 bits per heavy atom. The lowest BCUT2D eigenvalue weighted by atomic mass is 9.84. The van der Waals surface area contributed by atoms with Crippen molar-refractivity contribution in [3.8, 4) is 22.3 Å². The SMILES string of the molecule is c1ccc2cc3c(ccc4c(-c5c6ccccc6c(-c6ccc7[nH]c8c9ccccc9ccc8c7c6)c6ccccc56)cccc43)cc2c1. The van der Waals surface area contributed by atoms with Crippen LogP contribution in [-0.2, 0) is 0 Å². The van der Waals surface area contributed by atoms with Crippen molar-refractivity contribution in [2.24, 2.45) is 0 Å². The van der Waals surface area contributed by atoms with Gasteiger partial charge in [-0.05, 0) is 106 Å². The molecule has 11 aromatic rings. The van der Waals surface area contributed by atoms with Gasteiger partial charge in [0.25, 0.3) is 0 Å². The van der Waals surface area contributed by atoms with Crippen molar-refractivity contribution in [1.82, 2.24) is 4.98 Å². The zero-order chi connectivity index (χ0) is 32.1. The van der Waals surface area contributed by atoms with Crippen LogP contribution >= 0.6 is 0 Å². The first-order valence-electron chi connectivity index (χ1n) is 17.0. The second-order valence-corrected chi connectivity index (χ2v) is 13.3. The lowest BCUT2D eigenvalue weighted by Gasteiger charge is -2.19. The van der Waals surface area contributed by atoms with Gasteiger partial charge in [-0.25, -0.2) is 0 Å². The summed E-state index contributed by atoms with van der Waals surface area (Å²) in [6.45, 7) is 0. The number of nitrogens with one attached hydrogen (secondary N) is 1. The second-order valence-electron chi connectivity index (χ2n) is 13.3. The van der Waals surface area contributed by atoms with Crippen molar-refractivity contribution in [2.45, 2.75) is 0 Å². The molecule has 226 valence electrons. The molecule has 11 rings (SSSR count). The van der Waals surface area contributed by atoms with E-state index in [9.17, 15) is 0 Å². The van der Waals surface area contributed by atoms with Crippen LogP contribution in [0.2, 0.25) is 0 Å². The van der Waals surface area contributed by atoms with Gasteiger partial charge in [-0.3, -0.25) is 0 Å². The van der Waals surface area contributed by atoms with E-state index in [0.717, 1.165) is 5.52 Å². The number of fused-ring (bicyclic) bond motifs is 11. The minimum Gasteiger partial charge on any atom is -0.354 e. The Labute approximate surface area is 282 Å². The van der Waals surface area contributed by atoms with E-state index in [0.29, 0.717) is 0 Å². The summed E-state index contributed by atoms with van der Waals surface area (Å²) in [5.41, 5.74) is 7.44. The maximum atomic E-state index is 3.74. The molecule has 0 unspecified atom stereocenters. The average molecular weight is 620 g/mol. The zero-order valence-corrected chi connectivity index (χ0v) is 26.7. The normalized spacial score (nSPS) is 12.1. The largest absolute Gasteiger partial charge is 0.354 e. The molecule has 49 heavy (non-hydrogen) atoms. The molecule has 1 nitrogen and oxygen atoms in total. The second kappa shape index (κ2) is 10.0. The van der Waals surface area contributed by atoms with Crippen LogP contribution in [-0.4, -0.2) is 4.98 Å². The Hall–Kier alpha value is -6.44. The number of aromatic nitrogens is 1. The van der Waals surface area contributed by atoms with Crippen LogP contribution in [0.3, 0.4) is 0 Å². The lowest BCUT2D eigenvalue weighted by molar-refractivity contribution is 1.56. The number of rotatable bonds is 2. The fourth-order valence-corrected chi connectivity index (χ4v) is 8.53. The highest BCUT2D eigenvalue weighted by atomic mass is 14.7. The van der Waals surface area contributed by atoms with Crippen molar-refractivity contribution >= 4 is 86.4 Å². The molecule has 0 aliphatic carbocycles. The quantitative estimate of drug-likeness (QED) is 0.146. The standard InChI is InChI=1S/C48H29N/c1-2-12-31-27-43-32(26-30(31)11-1)21-23-36-35(43)18-9-19-37(36)47-40-16-7-5-14-38(40)46(39-15-6-8-17-41(39)47)33-22-25-45-44(28-33)42-24-20-29-10-3-4-13-34(29)48(42)49-45/h1-28,49H. The molecule has 1 heteroatoms. The van der Waals surface area contributed by atoms with E-state index in [1.807, 2.05) is 0 Å². The van der Waals surface area contributed by atoms with Crippen LogP contribution in [0.1, 0.15) is 0 Å². The maximum absolute atomic E-state index is 3.74. The zero-order valence-electron chi connectivity index (χ0n) is 26.7. The topological polar surface area (TPSA) is 15.8 Å². The molecule has 0 amide bonds. The van der Waals surface area contributed by atoms with E-state index in [4.69, 9.17) is 0 Å². The third-order valence-corrected chi connectivity index (χ3v) is 10.7. The fraction of sp³-hybridized carbons (Fsp3) is 0. The van der Waals surface area contributed by atoms with Crippen molar-refractivity contribution in [1.29, 1.82) is 0 Å². The molecular weight excluding hydrogens is 591 g/mol. The number of hydrogen-bond acceptors (Lipinski definition) is 0. The van der Waals surface area contributed by atoms with Gasteiger partial charge in [0.05, 0.1) is 5.52 Å². The lowest BCUT2D eigenvalue weighted by Crippen LogP contribution is -1.92. The van der Waals surface area contributed by atoms with Crippen molar-refractivity contribution in [3.63, 3.8) is 0 Å². The summed E-state index contributed by atoms with van der Waals surface area (Å²) in [6, 6.07) is 62.9. The monoisotopic (exact) mass is 619 g/mol. The van der Waals surface area contributed by atoms with Gasteiger partial charge >= 0.3 is 0 Å². The van der Waals surface area contributed by atoms with Gasteiger partial charge in [0.15, 0.2) is 0 Å². The summed E-state index contributed by atoms with van der Waals surface area (Å²) in [6.07, 6.45) is 0. The minimum absolute atomic E-state index is 1.16. The summed E-state index contributed by atoms with van der Waals surface area (Å²) in [5.74, 6) is 0. The van der Waals surface area contributed by atoms with E-state index in [-0.39, 0.29) is 0 Å². The third kappa shape index (κ3) is 3.82. The molecule has 1 heterocycles.